The van der Waals surface area contributed by atoms with Crippen LogP contribution in [0.25, 0.3) is 5.65 Å². The van der Waals surface area contributed by atoms with Crippen LogP contribution in [0.5, 0.6) is 0 Å². The molecule has 3 unspecified atom stereocenters. The van der Waals surface area contributed by atoms with Crippen molar-refractivity contribution in [1.82, 2.24) is 24.9 Å². The van der Waals surface area contributed by atoms with E-state index in [1.165, 1.54) is 49.8 Å². The van der Waals surface area contributed by atoms with Crippen molar-refractivity contribution in [3.05, 3.63) is 35.8 Å². The number of likely N-dealkylation sites (N-methyl/N-ethyl adjacent to an activating group) is 1. The molecule has 0 spiro atoms. The molecule has 2 aromatic heterocycles. The second-order valence-corrected chi connectivity index (χ2v) is 10.5. The average Bonchev–Trinajstić information content (AvgIpc) is 3.22. The van der Waals surface area contributed by atoms with Crippen molar-refractivity contribution in [3.8, 4) is 0 Å². The summed E-state index contributed by atoms with van der Waals surface area (Å²) >= 11 is 0. The van der Waals surface area contributed by atoms with E-state index >= 15 is 0 Å². The molecular weight excluding hydrogens is 430 g/mol. The lowest BCUT2D eigenvalue weighted by Gasteiger charge is -2.48. The summed E-state index contributed by atoms with van der Waals surface area (Å²) in [6.45, 7) is 2.96. The number of fused-ring (bicyclic) bond motifs is 3. The highest BCUT2D eigenvalue weighted by molar-refractivity contribution is 5.93. The van der Waals surface area contributed by atoms with Gasteiger partial charge in [-0.2, -0.15) is 0 Å². The number of nitrogens with zero attached hydrogens (tertiary/aromatic N) is 3. The van der Waals surface area contributed by atoms with Gasteiger partial charge in [0.15, 0.2) is 0 Å². The van der Waals surface area contributed by atoms with Gasteiger partial charge in [-0.05, 0) is 55.1 Å². The fourth-order valence-electron chi connectivity index (χ4n) is 5.93. The summed E-state index contributed by atoms with van der Waals surface area (Å²) < 4.78 is 1.75. The van der Waals surface area contributed by atoms with E-state index in [0.717, 1.165) is 18.4 Å². The van der Waals surface area contributed by atoms with Crippen molar-refractivity contribution in [2.75, 3.05) is 27.2 Å². The molecule has 4 rings (SSSR count). The zero-order valence-electron chi connectivity index (χ0n) is 20.6. The molecular formula is C26H37N5O3. The standard InChI is InChI=1S/C26H37N5O3/c1-4-18-11-19-7-6-10-26(13-18,14-19)17-28-25(34)21-8-5-9-22-29-20(16-31(21)22)12-23(32)27-15-24(33)30(2)3/h5,8-9,16,18-19H,4,6-7,10-15,17H2,1-3H3,(H,27,32)(H,28,34). The maximum atomic E-state index is 13.2. The molecule has 2 N–H and O–H groups in total. The molecule has 3 amide bonds. The number of carbonyl (C=O) groups is 3. The molecule has 2 bridgehead atoms. The lowest BCUT2D eigenvalue weighted by molar-refractivity contribution is -0.130. The number of pyridine rings is 1. The third kappa shape index (κ3) is 5.42. The van der Waals surface area contributed by atoms with Crippen molar-refractivity contribution in [2.45, 2.75) is 58.3 Å². The zero-order valence-corrected chi connectivity index (χ0v) is 20.6. The highest BCUT2D eigenvalue weighted by atomic mass is 16.2. The Morgan fingerprint density at radius 2 is 2.03 bits per heavy atom. The molecule has 2 aliphatic rings. The molecule has 0 saturated heterocycles. The van der Waals surface area contributed by atoms with Gasteiger partial charge in [0, 0.05) is 26.8 Å². The number of nitrogens with one attached hydrogen (secondary N) is 2. The lowest BCUT2D eigenvalue weighted by Crippen LogP contribution is -2.45. The van der Waals surface area contributed by atoms with E-state index in [9.17, 15) is 14.4 Å². The van der Waals surface area contributed by atoms with Gasteiger partial charge in [-0.1, -0.05) is 32.3 Å². The first-order chi connectivity index (χ1) is 16.3. The van der Waals surface area contributed by atoms with E-state index < -0.39 is 0 Å². The number of imidazole rings is 1. The Labute approximate surface area is 201 Å². The van der Waals surface area contributed by atoms with Gasteiger partial charge in [0.25, 0.3) is 5.91 Å². The molecule has 0 aliphatic heterocycles. The van der Waals surface area contributed by atoms with Crippen LogP contribution < -0.4 is 10.6 Å². The highest BCUT2D eigenvalue weighted by Gasteiger charge is 2.42. The summed E-state index contributed by atoms with van der Waals surface area (Å²) in [7, 11) is 3.29. The predicted octanol–water partition coefficient (Wildman–Crippen LogP) is 2.81. The summed E-state index contributed by atoms with van der Waals surface area (Å²) in [5, 5.41) is 5.86. The fraction of sp³-hybridized carbons (Fsp3) is 0.615. The minimum atomic E-state index is -0.279. The topological polar surface area (TPSA) is 95.8 Å². The molecule has 2 saturated carbocycles. The SMILES string of the molecule is CCC1CC2CCCC(CNC(=O)c3cccc4nc(CC(=O)NCC(=O)N(C)C)cn34)(C1)C2. The van der Waals surface area contributed by atoms with Crippen LogP contribution in [0.15, 0.2) is 24.4 Å². The van der Waals surface area contributed by atoms with E-state index in [2.05, 4.69) is 22.5 Å². The first-order valence-electron chi connectivity index (χ1n) is 12.5. The number of rotatable bonds is 8. The van der Waals surface area contributed by atoms with Crippen LogP contribution in [0.3, 0.4) is 0 Å². The van der Waals surface area contributed by atoms with Crippen molar-refractivity contribution in [1.29, 1.82) is 0 Å². The monoisotopic (exact) mass is 467 g/mol. The number of carbonyl (C=O) groups excluding carboxylic acids is 3. The lowest BCUT2D eigenvalue weighted by atomic mass is 9.58. The van der Waals surface area contributed by atoms with E-state index in [4.69, 9.17) is 0 Å². The van der Waals surface area contributed by atoms with Gasteiger partial charge in [0.2, 0.25) is 11.8 Å². The molecule has 3 atom stereocenters. The highest BCUT2D eigenvalue weighted by Crippen LogP contribution is 2.51. The van der Waals surface area contributed by atoms with Crippen LogP contribution in [0.4, 0.5) is 0 Å². The summed E-state index contributed by atoms with van der Waals surface area (Å²) in [4.78, 5) is 43.1. The summed E-state index contributed by atoms with van der Waals surface area (Å²) in [5.74, 6) is 1.02. The Kier molecular flexibility index (Phi) is 7.24. The van der Waals surface area contributed by atoms with Crippen LogP contribution in [0.2, 0.25) is 0 Å². The van der Waals surface area contributed by atoms with Crippen LogP contribution >= 0.6 is 0 Å². The van der Waals surface area contributed by atoms with Gasteiger partial charge >= 0.3 is 0 Å². The van der Waals surface area contributed by atoms with Gasteiger partial charge in [-0.3, -0.25) is 18.8 Å². The second-order valence-electron chi connectivity index (χ2n) is 10.5. The summed E-state index contributed by atoms with van der Waals surface area (Å²) in [6, 6.07) is 5.44. The first-order valence-corrected chi connectivity index (χ1v) is 12.5. The Morgan fingerprint density at radius 3 is 2.79 bits per heavy atom. The van der Waals surface area contributed by atoms with Crippen LogP contribution in [-0.2, 0) is 16.0 Å². The van der Waals surface area contributed by atoms with E-state index in [0.29, 0.717) is 17.0 Å². The summed E-state index contributed by atoms with van der Waals surface area (Å²) in [5.41, 5.74) is 1.93. The quantitative estimate of drug-likeness (QED) is 0.624. The molecule has 8 heteroatoms. The Hall–Kier alpha value is -2.90. The van der Waals surface area contributed by atoms with Crippen molar-refractivity contribution in [3.63, 3.8) is 0 Å². The first kappa shape index (κ1) is 24.2. The molecule has 2 aliphatic carbocycles. The van der Waals surface area contributed by atoms with Gasteiger partial charge in [-0.25, -0.2) is 4.98 Å². The minimum absolute atomic E-state index is 0.0473. The molecule has 184 valence electrons. The van der Waals surface area contributed by atoms with Crippen molar-refractivity contribution < 1.29 is 14.4 Å². The molecule has 2 fully saturated rings. The van der Waals surface area contributed by atoms with Gasteiger partial charge in [0.1, 0.15) is 11.3 Å². The third-order valence-electron chi connectivity index (χ3n) is 7.68. The van der Waals surface area contributed by atoms with Crippen molar-refractivity contribution >= 4 is 23.4 Å². The van der Waals surface area contributed by atoms with Gasteiger partial charge < -0.3 is 15.5 Å². The molecule has 2 heterocycles. The Balaban J connectivity index is 1.42. The van der Waals surface area contributed by atoms with Crippen LogP contribution in [-0.4, -0.2) is 59.2 Å². The summed E-state index contributed by atoms with van der Waals surface area (Å²) in [6.07, 6.45) is 10.6. The Bertz CT molecular complexity index is 1060. The normalized spacial score (nSPS) is 24.0. The van der Waals surface area contributed by atoms with E-state index in [1.807, 2.05) is 12.1 Å². The number of hydrogen-bond acceptors (Lipinski definition) is 4. The van der Waals surface area contributed by atoms with Gasteiger partial charge in [-0.15, -0.1) is 0 Å². The molecule has 0 radical (unpaired) electrons. The maximum absolute atomic E-state index is 13.2. The largest absolute Gasteiger partial charge is 0.350 e. The number of aromatic nitrogens is 2. The molecule has 2 aromatic rings. The van der Waals surface area contributed by atoms with E-state index in [-0.39, 0.29) is 36.1 Å². The van der Waals surface area contributed by atoms with Crippen LogP contribution in [0, 0.1) is 17.3 Å². The fourth-order valence-corrected chi connectivity index (χ4v) is 5.93. The number of amides is 3. The predicted molar refractivity (Wildman–Crippen MR) is 130 cm³/mol. The average molecular weight is 468 g/mol. The molecule has 34 heavy (non-hydrogen) atoms. The minimum Gasteiger partial charge on any atom is -0.350 e. The maximum Gasteiger partial charge on any atom is 0.268 e. The van der Waals surface area contributed by atoms with Gasteiger partial charge in [0.05, 0.1) is 18.7 Å². The molecule has 8 nitrogen and oxygen atoms in total. The van der Waals surface area contributed by atoms with Crippen molar-refractivity contribution in [2.24, 2.45) is 17.3 Å². The smallest absolute Gasteiger partial charge is 0.268 e. The van der Waals surface area contributed by atoms with Crippen LogP contribution in [0.1, 0.15) is 68.1 Å². The number of hydrogen-bond donors (Lipinski definition) is 2. The van der Waals surface area contributed by atoms with E-state index in [1.54, 1.807) is 30.8 Å². The molecule has 0 aromatic carbocycles. The third-order valence-corrected chi connectivity index (χ3v) is 7.68. The Morgan fingerprint density at radius 1 is 1.21 bits per heavy atom. The second kappa shape index (κ2) is 10.2. The zero-order chi connectivity index (χ0) is 24.3.